The predicted octanol–water partition coefficient (Wildman–Crippen LogP) is 5.05. The summed E-state index contributed by atoms with van der Waals surface area (Å²) >= 11 is 0. The molecular weight excluding hydrogens is 406 g/mol. The van der Waals surface area contributed by atoms with Crippen LogP contribution in [0, 0.1) is 0 Å². The number of furan rings is 1. The van der Waals surface area contributed by atoms with E-state index in [1.54, 1.807) is 30.5 Å². The van der Waals surface area contributed by atoms with Crippen LogP contribution in [0.25, 0.3) is 11.0 Å². The summed E-state index contributed by atoms with van der Waals surface area (Å²) in [4.78, 5) is 31.5. The molecule has 1 N–H and O–H groups in total. The van der Waals surface area contributed by atoms with Crippen molar-refractivity contribution < 1.29 is 18.7 Å². The van der Waals surface area contributed by atoms with Crippen molar-refractivity contribution in [2.45, 2.75) is 65.3 Å². The fraction of sp³-hybridized carbons (Fsp3) is 0.400. The quantitative estimate of drug-likeness (QED) is 0.506. The maximum absolute atomic E-state index is 13.3. The second-order valence-electron chi connectivity index (χ2n) is 8.61. The van der Waals surface area contributed by atoms with Crippen LogP contribution in [0.5, 0.6) is 0 Å². The Balaban J connectivity index is 1.73. The minimum Gasteiger partial charge on any atom is -0.464 e. The van der Waals surface area contributed by atoms with Gasteiger partial charge in [-0.25, -0.2) is 4.79 Å². The molecule has 1 aromatic carbocycles. The van der Waals surface area contributed by atoms with Gasteiger partial charge in [-0.1, -0.05) is 19.4 Å². The third kappa shape index (κ3) is 6.33. The zero-order valence-corrected chi connectivity index (χ0v) is 19.1. The molecule has 170 valence electrons. The summed E-state index contributed by atoms with van der Waals surface area (Å²) in [5, 5.41) is 3.67. The van der Waals surface area contributed by atoms with Crippen LogP contribution in [-0.4, -0.2) is 33.5 Å². The summed E-state index contributed by atoms with van der Waals surface area (Å²) in [6, 6.07) is 10.8. The van der Waals surface area contributed by atoms with Crippen molar-refractivity contribution in [2.75, 3.05) is 0 Å². The number of nitrogens with zero attached hydrogens (tertiary/aromatic N) is 2. The Labute approximate surface area is 188 Å². The van der Waals surface area contributed by atoms with Gasteiger partial charge in [0.05, 0.1) is 6.26 Å². The Kier molecular flexibility index (Phi) is 7.51. The molecule has 0 aliphatic carbocycles. The second kappa shape index (κ2) is 10.3. The number of carbonyl (C=O) groups is 2. The molecule has 7 heteroatoms. The highest BCUT2D eigenvalue weighted by molar-refractivity contribution is 5.85. The third-order valence-electron chi connectivity index (χ3n) is 5.25. The van der Waals surface area contributed by atoms with E-state index in [-0.39, 0.29) is 5.91 Å². The van der Waals surface area contributed by atoms with Crippen LogP contribution in [0.4, 0.5) is 4.79 Å². The van der Waals surface area contributed by atoms with Crippen LogP contribution in [0.1, 0.15) is 51.7 Å². The maximum Gasteiger partial charge on any atom is 0.408 e. The Morgan fingerprint density at radius 1 is 1.12 bits per heavy atom. The van der Waals surface area contributed by atoms with E-state index in [0.717, 1.165) is 34.9 Å². The van der Waals surface area contributed by atoms with Gasteiger partial charge in [0.2, 0.25) is 5.91 Å². The van der Waals surface area contributed by atoms with Crippen molar-refractivity contribution in [2.24, 2.45) is 0 Å². The van der Waals surface area contributed by atoms with Gasteiger partial charge in [0, 0.05) is 30.9 Å². The highest BCUT2D eigenvalue weighted by atomic mass is 16.6. The van der Waals surface area contributed by atoms with E-state index in [4.69, 9.17) is 9.15 Å². The number of aromatic nitrogens is 1. The summed E-state index contributed by atoms with van der Waals surface area (Å²) in [5.74, 6) is -0.195. The van der Waals surface area contributed by atoms with Crippen LogP contribution in [0.3, 0.4) is 0 Å². The lowest BCUT2D eigenvalue weighted by molar-refractivity contribution is -0.134. The smallest absolute Gasteiger partial charge is 0.408 e. The molecule has 2 amide bonds. The average molecular weight is 438 g/mol. The van der Waals surface area contributed by atoms with Crippen LogP contribution >= 0.6 is 0 Å². The average Bonchev–Trinajstić information content (AvgIpc) is 3.20. The molecule has 0 saturated heterocycles. The number of carbonyl (C=O) groups excluding carboxylic acids is 2. The number of hydrogen-bond acceptors (Lipinski definition) is 5. The van der Waals surface area contributed by atoms with Crippen molar-refractivity contribution in [1.82, 2.24) is 15.2 Å². The first-order chi connectivity index (χ1) is 15.3. The Morgan fingerprint density at radius 3 is 2.56 bits per heavy atom. The minimum atomic E-state index is -0.737. The lowest BCUT2D eigenvalue weighted by Crippen LogP contribution is -2.48. The van der Waals surface area contributed by atoms with Crippen LogP contribution < -0.4 is 5.32 Å². The molecule has 0 aliphatic rings. The summed E-state index contributed by atoms with van der Waals surface area (Å²) in [6.07, 6.45) is 6.09. The summed E-state index contributed by atoms with van der Waals surface area (Å²) < 4.78 is 10.9. The van der Waals surface area contributed by atoms with Crippen LogP contribution in [0.15, 0.2) is 59.5 Å². The number of pyridine rings is 1. The molecular formula is C25H31N3O4. The minimum absolute atomic E-state index is 0.195. The molecule has 0 saturated carbocycles. The summed E-state index contributed by atoms with van der Waals surface area (Å²) in [7, 11) is 0. The monoisotopic (exact) mass is 437 g/mol. The zero-order chi connectivity index (χ0) is 23.1. The zero-order valence-electron chi connectivity index (χ0n) is 19.1. The van der Waals surface area contributed by atoms with Crippen molar-refractivity contribution in [3.63, 3.8) is 0 Å². The van der Waals surface area contributed by atoms with Gasteiger partial charge in [0.25, 0.3) is 0 Å². The first-order valence-corrected chi connectivity index (χ1v) is 10.9. The molecule has 32 heavy (non-hydrogen) atoms. The molecule has 3 aromatic rings. The van der Waals surface area contributed by atoms with Gasteiger partial charge in [-0.3, -0.25) is 9.78 Å². The van der Waals surface area contributed by atoms with Gasteiger partial charge in [-0.05, 0) is 68.7 Å². The fourth-order valence-corrected chi connectivity index (χ4v) is 3.70. The molecule has 0 aliphatic heterocycles. The van der Waals surface area contributed by atoms with Gasteiger partial charge in [0.1, 0.15) is 17.2 Å². The molecule has 0 bridgehead atoms. The maximum atomic E-state index is 13.3. The molecule has 0 unspecified atom stereocenters. The number of rotatable bonds is 9. The number of amides is 2. The lowest BCUT2D eigenvalue weighted by Gasteiger charge is -2.28. The lowest BCUT2D eigenvalue weighted by atomic mass is 10.0. The summed E-state index contributed by atoms with van der Waals surface area (Å²) in [5.41, 5.74) is 2.14. The van der Waals surface area contributed by atoms with Crippen molar-refractivity contribution >= 4 is 23.0 Å². The Hall–Kier alpha value is -3.35. The third-order valence-corrected chi connectivity index (χ3v) is 5.25. The number of nitrogens with one attached hydrogen (secondary N) is 1. The molecule has 3 rings (SSSR count). The van der Waals surface area contributed by atoms with E-state index in [1.807, 2.05) is 57.2 Å². The standard InChI is InChI=1S/C25H31N3O4/c1-5-11-25(3,4)32-24(30)27-18(2)23(29)28(16-19-8-12-26-13-9-19)17-20-6-7-22-21(15-20)10-14-31-22/h6-10,12-15,18H,5,11,16-17H2,1-4H3,(H,27,30)/t18-/m1/s1. The number of alkyl carbamates (subject to hydrolysis) is 1. The SMILES string of the molecule is CCCC(C)(C)OC(=O)N[C@H](C)C(=O)N(Cc1ccncc1)Cc1ccc2occc2c1. The van der Waals surface area contributed by atoms with Gasteiger partial charge in [-0.15, -0.1) is 0 Å². The molecule has 7 nitrogen and oxygen atoms in total. The first-order valence-electron chi connectivity index (χ1n) is 10.9. The molecule has 1 atom stereocenters. The number of ether oxygens (including phenoxy) is 1. The number of hydrogen-bond donors (Lipinski definition) is 1. The second-order valence-corrected chi connectivity index (χ2v) is 8.61. The molecule has 2 aromatic heterocycles. The van der Waals surface area contributed by atoms with Gasteiger partial charge in [0.15, 0.2) is 0 Å². The highest BCUT2D eigenvalue weighted by Gasteiger charge is 2.27. The fourth-order valence-electron chi connectivity index (χ4n) is 3.70. The Bertz CT molecular complexity index is 1050. The first kappa shape index (κ1) is 23.3. The van der Waals surface area contributed by atoms with Crippen molar-refractivity contribution in [3.8, 4) is 0 Å². The van der Waals surface area contributed by atoms with Crippen molar-refractivity contribution in [1.29, 1.82) is 0 Å². The van der Waals surface area contributed by atoms with Gasteiger partial charge >= 0.3 is 6.09 Å². The topological polar surface area (TPSA) is 84.7 Å². The van der Waals surface area contributed by atoms with E-state index < -0.39 is 17.7 Å². The van der Waals surface area contributed by atoms with Crippen molar-refractivity contribution in [3.05, 3.63) is 66.2 Å². The molecule has 0 radical (unpaired) electrons. The van der Waals surface area contributed by atoms with E-state index >= 15 is 0 Å². The van der Waals surface area contributed by atoms with Gasteiger partial charge in [-0.2, -0.15) is 0 Å². The molecule has 0 fully saturated rings. The van der Waals surface area contributed by atoms with E-state index in [0.29, 0.717) is 13.1 Å². The van der Waals surface area contributed by atoms with E-state index in [2.05, 4.69) is 10.3 Å². The molecule has 2 heterocycles. The highest BCUT2D eigenvalue weighted by Crippen LogP contribution is 2.20. The van der Waals surface area contributed by atoms with Gasteiger partial charge < -0.3 is 19.4 Å². The normalized spacial score (nSPS) is 12.4. The van der Waals surface area contributed by atoms with E-state index in [1.165, 1.54) is 0 Å². The van der Waals surface area contributed by atoms with Crippen LogP contribution in [0.2, 0.25) is 0 Å². The largest absolute Gasteiger partial charge is 0.464 e. The van der Waals surface area contributed by atoms with E-state index in [9.17, 15) is 9.59 Å². The summed E-state index contributed by atoms with van der Waals surface area (Å²) in [6.45, 7) is 8.23. The molecule has 0 spiro atoms. The Morgan fingerprint density at radius 2 is 1.84 bits per heavy atom. The number of benzene rings is 1. The predicted molar refractivity (Wildman–Crippen MR) is 123 cm³/mol. The van der Waals surface area contributed by atoms with Crippen LogP contribution in [-0.2, 0) is 22.6 Å². The number of fused-ring (bicyclic) bond motifs is 1.